The highest BCUT2D eigenvalue weighted by atomic mass is 32.2. The molecule has 5 nitrogen and oxygen atoms in total. The molecular formula is C20H25N5S. The van der Waals surface area contributed by atoms with Crippen LogP contribution in [0.3, 0.4) is 0 Å². The van der Waals surface area contributed by atoms with Crippen molar-refractivity contribution in [2.24, 2.45) is 0 Å². The number of thioether (sulfide) groups is 1. The molecule has 0 aliphatic rings. The summed E-state index contributed by atoms with van der Waals surface area (Å²) < 4.78 is 2.17. The maximum absolute atomic E-state index is 4.45. The number of benzene rings is 1. The maximum Gasteiger partial charge on any atom is 0.191 e. The Morgan fingerprint density at radius 2 is 1.77 bits per heavy atom. The van der Waals surface area contributed by atoms with Crippen molar-refractivity contribution in [3.8, 4) is 11.4 Å². The highest BCUT2D eigenvalue weighted by Crippen LogP contribution is 2.27. The molecule has 0 radical (unpaired) electrons. The smallest absolute Gasteiger partial charge is 0.191 e. The van der Waals surface area contributed by atoms with Crippen LogP contribution in [0.1, 0.15) is 26.3 Å². The van der Waals surface area contributed by atoms with E-state index >= 15 is 0 Å². The van der Waals surface area contributed by atoms with E-state index in [4.69, 9.17) is 0 Å². The SMILES string of the molecule is CCN(CC)c1ccc(-c2nnc(SCc3cccnc3)n2CC)cc1. The van der Waals surface area contributed by atoms with Crippen LogP contribution in [0.2, 0.25) is 0 Å². The quantitative estimate of drug-likeness (QED) is 0.549. The fourth-order valence-electron chi connectivity index (χ4n) is 2.94. The molecule has 3 aromatic rings. The Bertz CT molecular complexity index is 810. The van der Waals surface area contributed by atoms with Gasteiger partial charge >= 0.3 is 0 Å². The third-order valence-corrected chi connectivity index (χ3v) is 5.42. The molecule has 2 heterocycles. The Labute approximate surface area is 159 Å². The van der Waals surface area contributed by atoms with E-state index in [1.807, 2.05) is 12.3 Å². The van der Waals surface area contributed by atoms with Crippen LogP contribution in [-0.2, 0) is 12.3 Å². The fourth-order valence-corrected chi connectivity index (χ4v) is 3.87. The normalized spacial score (nSPS) is 10.9. The van der Waals surface area contributed by atoms with E-state index in [-0.39, 0.29) is 0 Å². The molecule has 0 aliphatic carbocycles. The first kappa shape index (κ1) is 18.5. The largest absolute Gasteiger partial charge is 0.372 e. The molecule has 2 aromatic heterocycles. The molecule has 0 aliphatic heterocycles. The van der Waals surface area contributed by atoms with Crippen molar-refractivity contribution in [3.05, 3.63) is 54.4 Å². The predicted octanol–water partition coefficient (Wildman–Crippen LogP) is 4.50. The minimum atomic E-state index is 0.840. The summed E-state index contributed by atoms with van der Waals surface area (Å²) in [6, 6.07) is 12.7. The second kappa shape index (κ2) is 8.85. The lowest BCUT2D eigenvalue weighted by Gasteiger charge is -2.21. The molecule has 0 spiro atoms. The topological polar surface area (TPSA) is 46.8 Å². The molecule has 0 unspecified atom stereocenters. The van der Waals surface area contributed by atoms with Crippen molar-refractivity contribution < 1.29 is 0 Å². The Morgan fingerprint density at radius 3 is 2.38 bits per heavy atom. The van der Waals surface area contributed by atoms with Crippen molar-refractivity contribution in [1.29, 1.82) is 0 Å². The van der Waals surface area contributed by atoms with Gasteiger partial charge in [-0.2, -0.15) is 0 Å². The molecular weight excluding hydrogens is 342 g/mol. The average Bonchev–Trinajstić information content (AvgIpc) is 3.11. The third kappa shape index (κ3) is 4.07. The monoisotopic (exact) mass is 367 g/mol. The third-order valence-electron chi connectivity index (χ3n) is 4.38. The Kier molecular flexibility index (Phi) is 6.28. The van der Waals surface area contributed by atoms with Crippen molar-refractivity contribution in [2.75, 3.05) is 18.0 Å². The van der Waals surface area contributed by atoms with Crippen molar-refractivity contribution >= 4 is 17.4 Å². The van der Waals surface area contributed by atoms with Gasteiger partial charge in [-0.15, -0.1) is 10.2 Å². The van der Waals surface area contributed by atoms with Gasteiger partial charge < -0.3 is 9.47 Å². The lowest BCUT2D eigenvalue weighted by atomic mass is 10.2. The number of anilines is 1. The fraction of sp³-hybridized carbons (Fsp3) is 0.350. The van der Waals surface area contributed by atoms with Crippen LogP contribution in [0.4, 0.5) is 5.69 Å². The van der Waals surface area contributed by atoms with E-state index in [1.54, 1.807) is 18.0 Å². The Morgan fingerprint density at radius 1 is 1.00 bits per heavy atom. The summed E-state index contributed by atoms with van der Waals surface area (Å²) in [6.45, 7) is 9.35. The van der Waals surface area contributed by atoms with Gasteiger partial charge in [0.1, 0.15) is 0 Å². The summed E-state index contributed by atoms with van der Waals surface area (Å²) in [6.07, 6.45) is 3.69. The van der Waals surface area contributed by atoms with Crippen LogP contribution in [0.5, 0.6) is 0 Å². The van der Waals surface area contributed by atoms with Crippen LogP contribution < -0.4 is 4.90 Å². The minimum absolute atomic E-state index is 0.840. The number of rotatable bonds is 8. The van der Waals surface area contributed by atoms with Gasteiger partial charge in [-0.1, -0.05) is 17.8 Å². The number of nitrogens with zero attached hydrogens (tertiary/aromatic N) is 5. The van der Waals surface area contributed by atoms with Crippen molar-refractivity contribution in [2.45, 2.75) is 38.2 Å². The van der Waals surface area contributed by atoms with E-state index in [0.29, 0.717) is 0 Å². The number of hydrogen-bond donors (Lipinski definition) is 0. The molecule has 0 bridgehead atoms. The van der Waals surface area contributed by atoms with Crippen molar-refractivity contribution in [1.82, 2.24) is 19.7 Å². The number of hydrogen-bond acceptors (Lipinski definition) is 5. The van der Waals surface area contributed by atoms with Gasteiger partial charge in [0.15, 0.2) is 11.0 Å². The average molecular weight is 368 g/mol. The highest BCUT2D eigenvalue weighted by Gasteiger charge is 2.13. The Hall–Kier alpha value is -2.34. The van der Waals surface area contributed by atoms with E-state index in [9.17, 15) is 0 Å². The second-order valence-corrected chi connectivity index (χ2v) is 6.86. The van der Waals surface area contributed by atoms with Gasteiger partial charge in [0.25, 0.3) is 0 Å². The number of pyridine rings is 1. The van der Waals surface area contributed by atoms with Crippen LogP contribution in [0, 0.1) is 0 Å². The summed E-state index contributed by atoms with van der Waals surface area (Å²) >= 11 is 1.70. The van der Waals surface area contributed by atoms with Crippen LogP contribution >= 0.6 is 11.8 Å². The molecule has 0 saturated carbocycles. The lowest BCUT2D eigenvalue weighted by Crippen LogP contribution is -2.21. The van der Waals surface area contributed by atoms with Gasteiger partial charge in [0.2, 0.25) is 0 Å². The molecule has 1 aromatic carbocycles. The zero-order valence-corrected chi connectivity index (χ0v) is 16.4. The maximum atomic E-state index is 4.45. The predicted molar refractivity (Wildman–Crippen MR) is 108 cm³/mol. The first-order valence-electron chi connectivity index (χ1n) is 9.07. The summed E-state index contributed by atoms with van der Waals surface area (Å²) in [7, 11) is 0. The summed E-state index contributed by atoms with van der Waals surface area (Å²) in [4.78, 5) is 6.51. The molecule has 26 heavy (non-hydrogen) atoms. The molecule has 136 valence electrons. The highest BCUT2D eigenvalue weighted by molar-refractivity contribution is 7.98. The van der Waals surface area contributed by atoms with Crippen molar-refractivity contribution in [3.63, 3.8) is 0 Å². The molecule has 0 saturated heterocycles. The molecule has 3 rings (SSSR count). The molecule has 0 fully saturated rings. The zero-order chi connectivity index (χ0) is 18.4. The van der Waals surface area contributed by atoms with Gasteiger partial charge in [0.05, 0.1) is 0 Å². The summed E-state index contributed by atoms with van der Waals surface area (Å²) in [5.74, 6) is 1.76. The first-order chi connectivity index (χ1) is 12.8. The number of aromatic nitrogens is 4. The minimum Gasteiger partial charge on any atom is -0.372 e. The first-order valence-corrected chi connectivity index (χ1v) is 10.1. The zero-order valence-electron chi connectivity index (χ0n) is 15.6. The Balaban J connectivity index is 1.79. The summed E-state index contributed by atoms with van der Waals surface area (Å²) in [5.41, 5.74) is 3.53. The lowest BCUT2D eigenvalue weighted by molar-refractivity contribution is 0.687. The van der Waals surface area contributed by atoms with Crippen LogP contribution in [0.15, 0.2) is 53.9 Å². The second-order valence-electron chi connectivity index (χ2n) is 5.92. The molecule has 0 amide bonds. The van der Waals surface area contributed by atoms with E-state index in [2.05, 4.69) is 75.8 Å². The van der Waals surface area contributed by atoms with Crippen LogP contribution in [0.25, 0.3) is 11.4 Å². The molecule has 6 heteroatoms. The van der Waals surface area contributed by atoms with Gasteiger partial charge in [-0.05, 0) is 56.7 Å². The molecule has 0 N–H and O–H groups in total. The summed E-state index contributed by atoms with van der Waals surface area (Å²) in [5, 5.41) is 9.80. The van der Waals surface area contributed by atoms with E-state index in [1.165, 1.54) is 11.3 Å². The standard InChI is InChI=1S/C20H25N5S/c1-4-24(5-2)18-11-9-17(10-12-18)19-22-23-20(25(19)6-3)26-15-16-8-7-13-21-14-16/h7-14H,4-6,15H2,1-3H3. The van der Waals surface area contributed by atoms with E-state index < -0.39 is 0 Å². The van der Waals surface area contributed by atoms with Gasteiger partial charge in [-0.3, -0.25) is 4.98 Å². The van der Waals surface area contributed by atoms with Gasteiger partial charge in [0, 0.05) is 49.0 Å². The van der Waals surface area contributed by atoms with Crippen LogP contribution in [-0.4, -0.2) is 32.8 Å². The van der Waals surface area contributed by atoms with E-state index in [0.717, 1.165) is 41.9 Å². The van der Waals surface area contributed by atoms with Gasteiger partial charge in [-0.25, -0.2) is 0 Å². The molecule has 0 atom stereocenters.